The summed E-state index contributed by atoms with van der Waals surface area (Å²) >= 11 is 0. The molecule has 0 aliphatic carbocycles. The standard InChI is InChI=1S/C17H35N3O2/c1-14(7-8-16(2,3)4)19-15(21)18-13-17(20(5)6)9-11-22-12-10-17/h14H,7-13H2,1-6H3,(H2,18,19,21)/t14-/m1/s1. The van der Waals surface area contributed by atoms with Gasteiger partial charge in [0, 0.05) is 31.3 Å². The van der Waals surface area contributed by atoms with Crippen molar-refractivity contribution in [1.29, 1.82) is 0 Å². The number of nitrogens with one attached hydrogen (secondary N) is 2. The fourth-order valence-corrected chi connectivity index (χ4v) is 2.77. The highest BCUT2D eigenvalue weighted by Gasteiger charge is 2.35. The molecule has 130 valence electrons. The number of nitrogens with zero attached hydrogens (tertiary/aromatic N) is 1. The van der Waals surface area contributed by atoms with Crippen LogP contribution in [0, 0.1) is 5.41 Å². The van der Waals surface area contributed by atoms with Gasteiger partial charge in [-0.25, -0.2) is 4.79 Å². The van der Waals surface area contributed by atoms with Crippen molar-refractivity contribution in [1.82, 2.24) is 15.5 Å². The Morgan fingerprint density at radius 1 is 1.27 bits per heavy atom. The summed E-state index contributed by atoms with van der Waals surface area (Å²) in [4.78, 5) is 14.3. The molecule has 0 saturated carbocycles. The number of likely N-dealkylation sites (N-methyl/N-ethyl adjacent to an activating group) is 1. The summed E-state index contributed by atoms with van der Waals surface area (Å²) < 4.78 is 5.46. The predicted octanol–water partition coefficient (Wildman–Crippen LogP) is 2.61. The van der Waals surface area contributed by atoms with Crippen LogP contribution >= 0.6 is 0 Å². The average Bonchev–Trinajstić information content (AvgIpc) is 2.43. The van der Waals surface area contributed by atoms with Crippen LogP contribution < -0.4 is 10.6 Å². The van der Waals surface area contributed by atoms with Gasteiger partial charge in [0.05, 0.1) is 0 Å². The minimum Gasteiger partial charge on any atom is -0.381 e. The van der Waals surface area contributed by atoms with Gasteiger partial charge in [0.25, 0.3) is 0 Å². The zero-order chi connectivity index (χ0) is 16.8. The summed E-state index contributed by atoms with van der Waals surface area (Å²) in [5.41, 5.74) is 0.327. The van der Waals surface area contributed by atoms with Crippen molar-refractivity contribution in [3.05, 3.63) is 0 Å². The second-order valence-corrected chi connectivity index (χ2v) is 8.06. The summed E-state index contributed by atoms with van der Waals surface area (Å²) in [6.45, 7) is 11.0. The number of carbonyl (C=O) groups excluding carboxylic acids is 1. The van der Waals surface area contributed by atoms with Crippen LogP contribution in [0.1, 0.15) is 53.4 Å². The van der Waals surface area contributed by atoms with Crippen molar-refractivity contribution in [3.8, 4) is 0 Å². The highest BCUT2D eigenvalue weighted by Crippen LogP contribution is 2.25. The quantitative estimate of drug-likeness (QED) is 0.792. The highest BCUT2D eigenvalue weighted by atomic mass is 16.5. The predicted molar refractivity (Wildman–Crippen MR) is 91.2 cm³/mol. The third-order valence-corrected chi connectivity index (χ3v) is 4.66. The zero-order valence-corrected chi connectivity index (χ0v) is 15.3. The van der Waals surface area contributed by atoms with Crippen LogP contribution in [-0.2, 0) is 4.74 Å². The second-order valence-electron chi connectivity index (χ2n) is 8.06. The molecule has 0 aromatic carbocycles. The van der Waals surface area contributed by atoms with Crippen LogP contribution in [0.3, 0.4) is 0 Å². The average molecular weight is 313 g/mol. The van der Waals surface area contributed by atoms with E-state index in [1.165, 1.54) is 0 Å². The largest absolute Gasteiger partial charge is 0.381 e. The molecular weight excluding hydrogens is 278 g/mol. The van der Waals surface area contributed by atoms with Gasteiger partial charge >= 0.3 is 6.03 Å². The van der Waals surface area contributed by atoms with Gasteiger partial charge in [-0.1, -0.05) is 20.8 Å². The minimum absolute atomic E-state index is 0.0181. The lowest BCUT2D eigenvalue weighted by molar-refractivity contribution is -0.00574. The van der Waals surface area contributed by atoms with Gasteiger partial charge in [-0.15, -0.1) is 0 Å². The Kier molecular flexibility index (Phi) is 7.13. The van der Waals surface area contributed by atoms with E-state index >= 15 is 0 Å². The third kappa shape index (κ3) is 6.53. The monoisotopic (exact) mass is 313 g/mol. The van der Waals surface area contributed by atoms with Gasteiger partial charge in [-0.2, -0.15) is 0 Å². The molecule has 0 aromatic heterocycles. The first-order valence-corrected chi connectivity index (χ1v) is 8.44. The molecule has 1 heterocycles. The molecule has 0 aromatic rings. The fraction of sp³-hybridized carbons (Fsp3) is 0.941. The number of urea groups is 1. The van der Waals surface area contributed by atoms with Gasteiger partial charge in [-0.3, -0.25) is 0 Å². The lowest BCUT2D eigenvalue weighted by Crippen LogP contribution is -2.57. The molecule has 2 amide bonds. The maximum atomic E-state index is 12.1. The van der Waals surface area contributed by atoms with Crippen LogP contribution in [0.15, 0.2) is 0 Å². The smallest absolute Gasteiger partial charge is 0.315 e. The molecule has 1 atom stereocenters. The molecule has 22 heavy (non-hydrogen) atoms. The molecule has 1 saturated heterocycles. The Morgan fingerprint density at radius 3 is 2.36 bits per heavy atom. The van der Waals surface area contributed by atoms with E-state index in [-0.39, 0.29) is 17.6 Å². The maximum Gasteiger partial charge on any atom is 0.315 e. The van der Waals surface area contributed by atoms with Crippen LogP contribution in [0.25, 0.3) is 0 Å². The minimum atomic E-state index is -0.0610. The van der Waals surface area contributed by atoms with Gasteiger partial charge < -0.3 is 20.3 Å². The Balaban J connectivity index is 2.37. The first-order valence-electron chi connectivity index (χ1n) is 8.44. The number of hydrogen-bond acceptors (Lipinski definition) is 3. The Morgan fingerprint density at radius 2 is 1.86 bits per heavy atom. The molecule has 0 bridgehead atoms. The number of rotatable bonds is 6. The van der Waals surface area contributed by atoms with Gasteiger partial charge in [0.15, 0.2) is 0 Å². The molecule has 1 aliphatic heterocycles. The number of amides is 2. The summed E-state index contributed by atoms with van der Waals surface area (Å²) in [6, 6.07) is 0.137. The molecule has 1 aliphatic rings. The SMILES string of the molecule is C[C@H](CCC(C)(C)C)NC(=O)NCC1(N(C)C)CCOCC1. The van der Waals surface area contributed by atoms with E-state index < -0.39 is 0 Å². The van der Waals surface area contributed by atoms with E-state index in [9.17, 15) is 4.79 Å². The number of carbonyl (C=O) groups is 1. The number of ether oxygens (including phenoxy) is 1. The topological polar surface area (TPSA) is 53.6 Å². The van der Waals surface area contributed by atoms with E-state index in [1.54, 1.807) is 0 Å². The Labute approximate surface area is 136 Å². The summed E-state index contributed by atoms with van der Waals surface area (Å²) in [5.74, 6) is 0. The molecule has 2 N–H and O–H groups in total. The molecule has 1 rings (SSSR count). The zero-order valence-electron chi connectivity index (χ0n) is 15.3. The summed E-state index contributed by atoms with van der Waals surface area (Å²) in [5, 5.41) is 6.10. The summed E-state index contributed by atoms with van der Waals surface area (Å²) in [6.07, 6.45) is 4.02. The number of hydrogen-bond donors (Lipinski definition) is 2. The summed E-state index contributed by atoms with van der Waals surface area (Å²) in [7, 11) is 4.16. The third-order valence-electron chi connectivity index (χ3n) is 4.66. The van der Waals surface area contributed by atoms with Crippen LogP contribution in [0.4, 0.5) is 4.79 Å². The second kappa shape index (κ2) is 8.16. The van der Waals surface area contributed by atoms with Crippen LogP contribution in [-0.4, -0.2) is 56.4 Å². The molecule has 5 nitrogen and oxygen atoms in total. The van der Waals surface area contributed by atoms with Crippen molar-refractivity contribution in [3.63, 3.8) is 0 Å². The van der Waals surface area contributed by atoms with Crippen LogP contribution in [0.2, 0.25) is 0 Å². The van der Waals surface area contributed by atoms with Crippen molar-refractivity contribution >= 4 is 6.03 Å². The maximum absolute atomic E-state index is 12.1. The van der Waals surface area contributed by atoms with E-state index in [2.05, 4.69) is 57.3 Å². The van der Waals surface area contributed by atoms with Crippen molar-refractivity contribution in [2.45, 2.75) is 65.0 Å². The highest BCUT2D eigenvalue weighted by molar-refractivity contribution is 5.74. The van der Waals surface area contributed by atoms with Gasteiger partial charge in [0.2, 0.25) is 0 Å². The van der Waals surface area contributed by atoms with Crippen molar-refractivity contribution < 1.29 is 9.53 Å². The van der Waals surface area contributed by atoms with E-state index in [4.69, 9.17) is 4.74 Å². The van der Waals surface area contributed by atoms with E-state index in [1.807, 2.05) is 0 Å². The lowest BCUT2D eigenvalue weighted by atomic mass is 9.88. The fourth-order valence-electron chi connectivity index (χ4n) is 2.77. The van der Waals surface area contributed by atoms with Gasteiger partial charge in [-0.05, 0) is 52.1 Å². The normalized spacial score (nSPS) is 19.8. The Bertz CT molecular complexity index is 344. The molecule has 0 spiro atoms. The molecular formula is C17H35N3O2. The molecule has 1 fully saturated rings. The van der Waals surface area contributed by atoms with Crippen molar-refractivity contribution in [2.75, 3.05) is 33.9 Å². The van der Waals surface area contributed by atoms with Crippen LogP contribution in [0.5, 0.6) is 0 Å². The first kappa shape index (κ1) is 19.2. The molecule has 5 heteroatoms. The first-order chi connectivity index (χ1) is 10.1. The van der Waals surface area contributed by atoms with Crippen molar-refractivity contribution in [2.24, 2.45) is 5.41 Å². The van der Waals surface area contributed by atoms with E-state index in [0.29, 0.717) is 12.0 Å². The van der Waals surface area contributed by atoms with E-state index in [0.717, 1.165) is 38.9 Å². The Hall–Kier alpha value is -0.810. The van der Waals surface area contributed by atoms with Gasteiger partial charge in [0.1, 0.15) is 0 Å². The lowest BCUT2D eigenvalue weighted by Gasteiger charge is -2.42. The molecule has 0 radical (unpaired) electrons. The molecule has 0 unspecified atom stereocenters.